The number of nitrogens with one attached hydrogen (secondary N) is 1. The molecule has 2 saturated heterocycles. The van der Waals surface area contributed by atoms with Crippen LogP contribution in [0.25, 0.3) is 0 Å². The summed E-state index contributed by atoms with van der Waals surface area (Å²) in [4.78, 5) is 24.7. The molecule has 2 aliphatic rings. The van der Waals surface area contributed by atoms with Crippen LogP contribution in [-0.4, -0.2) is 55.1 Å². The molecule has 2 unspecified atom stereocenters. The molecule has 2 aliphatic heterocycles. The largest absolute Gasteiger partial charge is 0.376 e. The fraction of sp³-hybridized carbons (Fsp3) is 0.818. The summed E-state index contributed by atoms with van der Waals surface area (Å²) in [5.41, 5.74) is 5.12. The molecule has 2 fully saturated rings. The number of hydrogen-bond acceptors (Lipinski definition) is 4. The molecule has 104 valence electrons. The number of carbonyl (C=O) groups excluding carboxylic acids is 2. The van der Waals surface area contributed by atoms with Crippen molar-refractivity contribution in [3.8, 4) is 0 Å². The Kier molecular flexibility index (Phi) is 5.84. The van der Waals surface area contributed by atoms with E-state index >= 15 is 0 Å². The molecule has 6 nitrogen and oxygen atoms in total. The van der Waals surface area contributed by atoms with E-state index in [0.717, 1.165) is 19.4 Å². The summed E-state index contributed by atoms with van der Waals surface area (Å²) < 4.78 is 5.51. The van der Waals surface area contributed by atoms with E-state index in [1.807, 2.05) is 0 Å². The predicted octanol–water partition coefficient (Wildman–Crippen LogP) is -0.737. The Morgan fingerprint density at radius 3 is 2.94 bits per heavy atom. The Labute approximate surface area is 113 Å². The maximum Gasteiger partial charge on any atom is 0.240 e. The fourth-order valence-corrected chi connectivity index (χ4v) is 2.37. The summed E-state index contributed by atoms with van der Waals surface area (Å²) in [6.45, 7) is 2.80. The highest BCUT2D eigenvalue weighted by molar-refractivity contribution is 5.88. The van der Waals surface area contributed by atoms with Crippen molar-refractivity contribution in [2.75, 3.05) is 26.2 Å². The van der Waals surface area contributed by atoms with Gasteiger partial charge in [0.2, 0.25) is 11.8 Å². The SMILES string of the molecule is Cl.NC(=O)CC1NCCN(CC2CCCO2)C1=O. The monoisotopic (exact) mass is 277 g/mol. The summed E-state index contributed by atoms with van der Waals surface area (Å²) in [7, 11) is 0. The van der Waals surface area contributed by atoms with Crippen LogP contribution in [0.15, 0.2) is 0 Å². The van der Waals surface area contributed by atoms with Gasteiger partial charge in [-0.05, 0) is 12.8 Å². The number of nitrogens with two attached hydrogens (primary N) is 1. The molecular weight excluding hydrogens is 258 g/mol. The lowest BCUT2D eigenvalue weighted by molar-refractivity contribution is -0.139. The molecular formula is C11H20ClN3O3. The number of ether oxygens (including phenoxy) is 1. The Morgan fingerprint density at radius 1 is 1.56 bits per heavy atom. The first-order valence-corrected chi connectivity index (χ1v) is 6.09. The number of primary amides is 1. The van der Waals surface area contributed by atoms with Gasteiger partial charge in [-0.2, -0.15) is 0 Å². The van der Waals surface area contributed by atoms with E-state index in [0.29, 0.717) is 19.6 Å². The zero-order valence-electron chi connectivity index (χ0n) is 10.3. The molecule has 2 heterocycles. The second-order valence-electron chi connectivity index (χ2n) is 4.60. The maximum absolute atomic E-state index is 12.0. The van der Waals surface area contributed by atoms with Crippen molar-refractivity contribution < 1.29 is 14.3 Å². The number of amides is 2. The zero-order valence-corrected chi connectivity index (χ0v) is 11.1. The lowest BCUT2D eigenvalue weighted by Gasteiger charge is -2.34. The minimum atomic E-state index is -0.456. The van der Waals surface area contributed by atoms with Crippen LogP contribution in [0.3, 0.4) is 0 Å². The van der Waals surface area contributed by atoms with E-state index < -0.39 is 11.9 Å². The van der Waals surface area contributed by atoms with Crippen LogP contribution in [0.1, 0.15) is 19.3 Å². The van der Waals surface area contributed by atoms with E-state index in [1.54, 1.807) is 4.90 Å². The van der Waals surface area contributed by atoms with Crippen LogP contribution in [0.2, 0.25) is 0 Å². The summed E-state index contributed by atoms with van der Waals surface area (Å²) >= 11 is 0. The lowest BCUT2D eigenvalue weighted by Crippen LogP contribution is -2.57. The number of hydrogen-bond donors (Lipinski definition) is 2. The van der Waals surface area contributed by atoms with E-state index in [-0.39, 0.29) is 30.8 Å². The molecule has 0 aromatic rings. The van der Waals surface area contributed by atoms with Gasteiger partial charge in [0, 0.05) is 26.2 Å². The van der Waals surface area contributed by atoms with Gasteiger partial charge in [0.05, 0.1) is 18.6 Å². The highest BCUT2D eigenvalue weighted by Gasteiger charge is 2.31. The molecule has 0 bridgehead atoms. The smallest absolute Gasteiger partial charge is 0.240 e. The predicted molar refractivity (Wildman–Crippen MR) is 68.4 cm³/mol. The first-order valence-electron chi connectivity index (χ1n) is 6.09. The zero-order chi connectivity index (χ0) is 12.3. The number of nitrogens with zero attached hydrogens (tertiary/aromatic N) is 1. The van der Waals surface area contributed by atoms with Crippen molar-refractivity contribution >= 4 is 24.2 Å². The maximum atomic E-state index is 12.0. The van der Waals surface area contributed by atoms with Crippen LogP contribution in [0.4, 0.5) is 0 Å². The molecule has 0 aliphatic carbocycles. The van der Waals surface area contributed by atoms with Crippen LogP contribution in [-0.2, 0) is 14.3 Å². The molecule has 0 aromatic heterocycles. The first kappa shape index (κ1) is 15.2. The molecule has 0 saturated carbocycles. The van der Waals surface area contributed by atoms with Gasteiger partial charge in [0.15, 0.2) is 0 Å². The van der Waals surface area contributed by atoms with Gasteiger partial charge < -0.3 is 20.7 Å². The van der Waals surface area contributed by atoms with Crippen molar-refractivity contribution in [3.63, 3.8) is 0 Å². The normalized spacial score (nSPS) is 28.0. The minimum Gasteiger partial charge on any atom is -0.376 e. The Hall–Kier alpha value is -0.850. The van der Waals surface area contributed by atoms with E-state index in [4.69, 9.17) is 10.5 Å². The molecule has 0 spiro atoms. The minimum absolute atomic E-state index is 0. The second-order valence-corrected chi connectivity index (χ2v) is 4.60. The lowest BCUT2D eigenvalue weighted by atomic mass is 10.1. The average Bonchev–Trinajstić information content (AvgIpc) is 2.76. The summed E-state index contributed by atoms with van der Waals surface area (Å²) in [6.07, 6.45) is 2.31. The van der Waals surface area contributed by atoms with Crippen LogP contribution >= 0.6 is 12.4 Å². The molecule has 0 aromatic carbocycles. The van der Waals surface area contributed by atoms with Crippen LogP contribution in [0.5, 0.6) is 0 Å². The van der Waals surface area contributed by atoms with Gasteiger partial charge in [-0.15, -0.1) is 12.4 Å². The highest BCUT2D eigenvalue weighted by Crippen LogP contribution is 2.15. The first-order chi connectivity index (χ1) is 8.16. The number of halogens is 1. The summed E-state index contributed by atoms with van der Waals surface area (Å²) in [6, 6.07) is -0.456. The molecule has 7 heteroatoms. The van der Waals surface area contributed by atoms with Crippen LogP contribution in [0, 0.1) is 0 Å². The van der Waals surface area contributed by atoms with Gasteiger partial charge in [0.25, 0.3) is 0 Å². The third-order valence-corrected chi connectivity index (χ3v) is 3.24. The standard InChI is InChI=1S/C11H19N3O3.ClH/c12-10(15)6-9-11(16)14(4-3-13-9)7-8-2-1-5-17-8;/h8-9,13H,1-7H2,(H2,12,15);1H. The Morgan fingerprint density at radius 2 is 2.33 bits per heavy atom. The van der Waals surface area contributed by atoms with Gasteiger partial charge >= 0.3 is 0 Å². The van der Waals surface area contributed by atoms with Gasteiger partial charge in [-0.1, -0.05) is 0 Å². The highest BCUT2D eigenvalue weighted by atomic mass is 35.5. The number of piperazine rings is 1. The molecule has 18 heavy (non-hydrogen) atoms. The quantitative estimate of drug-likeness (QED) is 0.709. The molecule has 2 rings (SSSR count). The third kappa shape index (κ3) is 3.83. The molecule has 2 amide bonds. The van der Waals surface area contributed by atoms with E-state index in [2.05, 4.69) is 5.32 Å². The van der Waals surface area contributed by atoms with E-state index in [9.17, 15) is 9.59 Å². The molecule has 3 N–H and O–H groups in total. The van der Waals surface area contributed by atoms with Gasteiger partial charge in [-0.25, -0.2) is 0 Å². The summed E-state index contributed by atoms with van der Waals surface area (Å²) in [5, 5.41) is 3.02. The number of carbonyl (C=O) groups is 2. The van der Waals surface area contributed by atoms with Crippen molar-refractivity contribution in [1.82, 2.24) is 10.2 Å². The van der Waals surface area contributed by atoms with Gasteiger partial charge in [-0.3, -0.25) is 9.59 Å². The van der Waals surface area contributed by atoms with Crippen molar-refractivity contribution in [1.29, 1.82) is 0 Å². The number of rotatable bonds is 4. The fourth-order valence-electron chi connectivity index (χ4n) is 2.37. The Balaban J connectivity index is 0.00000162. The second kappa shape index (κ2) is 6.92. The van der Waals surface area contributed by atoms with Gasteiger partial charge in [0.1, 0.15) is 0 Å². The molecule has 2 atom stereocenters. The third-order valence-electron chi connectivity index (χ3n) is 3.24. The van der Waals surface area contributed by atoms with Crippen LogP contribution < -0.4 is 11.1 Å². The topological polar surface area (TPSA) is 84.7 Å². The van der Waals surface area contributed by atoms with Crippen molar-refractivity contribution in [2.24, 2.45) is 5.73 Å². The van der Waals surface area contributed by atoms with Crippen molar-refractivity contribution in [2.45, 2.75) is 31.4 Å². The van der Waals surface area contributed by atoms with E-state index in [1.165, 1.54) is 0 Å². The van der Waals surface area contributed by atoms with Crippen molar-refractivity contribution in [3.05, 3.63) is 0 Å². The Bertz CT molecular complexity index is 308. The molecule has 0 radical (unpaired) electrons. The summed E-state index contributed by atoms with van der Waals surface area (Å²) in [5.74, 6) is -0.486. The average molecular weight is 278 g/mol.